The molecule has 3 rings (SSSR count). The summed E-state index contributed by atoms with van der Waals surface area (Å²) in [7, 11) is 1.96. The first-order valence-corrected chi connectivity index (χ1v) is 9.07. The van der Waals surface area contributed by atoms with Gasteiger partial charge in [0.05, 0.1) is 18.5 Å². The van der Waals surface area contributed by atoms with E-state index in [1.54, 1.807) is 0 Å². The van der Waals surface area contributed by atoms with E-state index < -0.39 is 0 Å². The Balaban J connectivity index is 1.46. The quantitative estimate of drug-likeness (QED) is 0.905. The summed E-state index contributed by atoms with van der Waals surface area (Å²) in [5.74, 6) is 0. The summed E-state index contributed by atoms with van der Waals surface area (Å²) in [6.07, 6.45) is 8.28. The van der Waals surface area contributed by atoms with Crippen molar-refractivity contribution in [2.45, 2.75) is 44.7 Å². The van der Waals surface area contributed by atoms with Crippen molar-refractivity contribution in [1.29, 1.82) is 0 Å². The number of aryl methyl sites for hydroxylation is 1. The number of amides is 1. The molecule has 1 atom stereocenters. The van der Waals surface area contributed by atoms with Gasteiger partial charge >= 0.3 is 6.09 Å². The molecular formula is C17H29N5O2. The minimum atomic E-state index is -0.170. The van der Waals surface area contributed by atoms with Crippen LogP contribution in [0.1, 0.15) is 32.6 Å². The van der Waals surface area contributed by atoms with E-state index in [9.17, 15) is 4.79 Å². The number of hydrogen-bond donors (Lipinski definition) is 1. The maximum absolute atomic E-state index is 11.8. The lowest BCUT2D eigenvalue weighted by molar-refractivity contribution is 0.0939. The smallest absolute Gasteiger partial charge is 0.409 e. The molecule has 2 aliphatic rings. The fourth-order valence-corrected chi connectivity index (χ4v) is 3.70. The molecule has 0 spiro atoms. The summed E-state index contributed by atoms with van der Waals surface area (Å²) in [5.41, 5.74) is 1.21. The Kier molecular flexibility index (Phi) is 5.60. The number of nitrogens with one attached hydrogen (secondary N) is 1. The molecule has 0 aliphatic carbocycles. The molecule has 1 N–H and O–H groups in total. The molecule has 1 amide bonds. The first-order chi connectivity index (χ1) is 11.7. The van der Waals surface area contributed by atoms with Gasteiger partial charge in [0.1, 0.15) is 0 Å². The Bertz CT molecular complexity index is 539. The van der Waals surface area contributed by atoms with Crippen molar-refractivity contribution in [2.24, 2.45) is 7.05 Å². The lowest BCUT2D eigenvalue weighted by Gasteiger charge is -2.38. The highest BCUT2D eigenvalue weighted by Gasteiger charge is 2.27. The van der Waals surface area contributed by atoms with Crippen molar-refractivity contribution in [3.05, 3.63) is 12.4 Å². The summed E-state index contributed by atoms with van der Waals surface area (Å²) < 4.78 is 6.94. The standard InChI is InChI=1S/C17H29N5O2/c1-3-24-17(23)21-9-6-14(7-10-21)19-15-5-4-8-22(12-15)16-11-18-20(2)13-16/h11,13-15,19H,3-10,12H2,1-2H3/t15-/m1/s1. The molecule has 1 aromatic heterocycles. The normalized spacial score (nSPS) is 22.7. The number of piperidine rings is 2. The third-order valence-corrected chi connectivity index (χ3v) is 4.97. The second-order valence-corrected chi connectivity index (χ2v) is 6.78. The molecular weight excluding hydrogens is 306 g/mol. The van der Waals surface area contributed by atoms with Crippen molar-refractivity contribution >= 4 is 11.8 Å². The molecule has 3 heterocycles. The lowest BCUT2D eigenvalue weighted by atomic mass is 10.00. The monoisotopic (exact) mass is 335 g/mol. The maximum Gasteiger partial charge on any atom is 0.409 e. The molecule has 1 aromatic rings. The highest BCUT2D eigenvalue weighted by atomic mass is 16.6. The molecule has 2 saturated heterocycles. The first-order valence-electron chi connectivity index (χ1n) is 9.07. The molecule has 0 bridgehead atoms. The zero-order valence-electron chi connectivity index (χ0n) is 14.8. The van der Waals surface area contributed by atoms with Crippen molar-refractivity contribution in [1.82, 2.24) is 20.0 Å². The van der Waals surface area contributed by atoms with Crippen LogP contribution in [0.2, 0.25) is 0 Å². The Morgan fingerprint density at radius 1 is 1.29 bits per heavy atom. The second kappa shape index (κ2) is 7.88. The predicted octanol–water partition coefficient (Wildman–Crippen LogP) is 1.60. The minimum Gasteiger partial charge on any atom is -0.450 e. The van der Waals surface area contributed by atoms with E-state index in [1.807, 2.05) is 29.7 Å². The number of ether oxygens (including phenoxy) is 1. The Morgan fingerprint density at radius 2 is 2.08 bits per heavy atom. The van der Waals surface area contributed by atoms with Crippen molar-refractivity contribution < 1.29 is 9.53 Å². The second-order valence-electron chi connectivity index (χ2n) is 6.78. The number of rotatable bonds is 4. The molecule has 24 heavy (non-hydrogen) atoms. The fraction of sp³-hybridized carbons (Fsp3) is 0.765. The fourth-order valence-electron chi connectivity index (χ4n) is 3.70. The van der Waals surface area contributed by atoms with Gasteiger partial charge in [0.25, 0.3) is 0 Å². The number of carbonyl (C=O) groups excluding carboxylic acids is 1. The number of nitrogens with zero attached hydrogens (tertiary/aromatic N) is 4. The summed E-state index contributed by atoms with van der Waals surface area (Å²) in [6.45, 7) is 6.01. The van der Waals surface area contributed by atoms with Gasteiger partial charge in [-0.3, -0.25) is 4.68 Å². The summed E-state index contributed by atoms with van der Waals surface area (Å²) >= 11 is 0. The van der Waals surface area contributed by atoms with Crippen molar-refractivity contribution in [3.8, 4) is 0 Å². The third-order valence-electron chi connectivity index (χ3n) is 4.97. The summed E-state index contributed by atoms with van der Waals surface area (Å²) in [5, 5.41) is 8.09. The van der Waals surface area contributed by atoms with Gasteiger partial charge in [-0.15, -0.1) is 0 Å². The SMILES string of the molecule is CCOC(=O)N1CCC(N[C@@H]2CCCN(c3cnn(C)c3)C2)CC1. The van der Waals surface area contributed by atoms with E-state index in [0.29, 0.717) is 18.7 Å². The van der Waals surface area contributed by atoms with Gasteiger partial charge in [0.15, 0.2) is 0 Å². The van der Waals surface area contributed by atoms with Gasteiger partial charge in [-0.2, -0.15) is 5.10 Å². The van der Waals surface area contributed by atoms with Crippen LogP contribution in [0, 0.1) is 0 Å². The lowest BCUT2D eigenvalue weighted by Crippen LogP contribution is -2.52. The van der Waals surface area contributed by atoms with Crippen molar-refractivity contribution in [3.63, 3.8) is 0 Å². The Hall–Kier alpha value is -1.76. The first kappa shape index (κ1) is 17.1. The van der Waals surface area contributed by atoms with Crippen LogP contribution in [0.5, 0.6) is 0 Å². The molecule has 2 fully saturated rings. The van der Waals surface area contributed by atoms with Gasteiger partial charge in [-0.25, -0.2) is 4.79 Å². The Labute approximate surface area is 143 Å². The summed E-state index contributed by atoms with van der Waals surface area (Å²) in [4.78, 5) is 16.0. The number of hydrogen-bond acceptors (Lipinski definition) is 5. The van der Waals surface area contributed by atoms with Gasteiger partial charge in [-0.1, -0.05) is 0 Å². The van der Waals surface area contributed by atoms with E-state index in [0.717, 1.165) is 39.0 Å². The van der Waals surface area contributed by atoms with E-state index >= 15 is 0 Å². The van der Waals surface area contributed by atoms with Crippen LogP contribution in [-0.4, -0.2) is 65.6 Å². The highest BCUT2D eigenvalue weighted by molar-refractivity contribution is 5.67. The molecule has 134 valence electrons. The van der Waals surface area contributed by atoms with Crippen LogP contribution in [0.4, 0.5) is 10.5 Å². The summed E-state index contributed by atoms with van der Waals surface area (Å²) in [6, 6.07) is 1.01. The topological polar surface area (TPSA) is 62.6 Å². The molecule has 0 aromatic carbocycles. The third kappa shape index (κ3) is 4.20. The van der Waals surface area contributed by atoms with Crippen LogP contribution < -0.4 is 10.2 Å². The molecule has 0 unspecified atom stereocenters. The van der Waals surface area contributed by atoms with Crippen LogP contribution in [-0.2, 0) is 11.8 Å². The number of aromatic nitrogens is 2. The van der Waals surface area contributed by atoms with Gasteiger partial charge in [-0.05, 0) is 32.6 Å². The predicted molar refractivity (Wildman–Crippen MR) is 93.2 cm³/mol. The van der Waals surface area contributed by atoms with Crippen LogP contribution in [0.25, 0.3) is 0 Å². The maximum atomic E-state index is 11.8. The Morgan fingerprint density at radius 3 is 2.75 bits per heavy atom. The van der Waals surface area contributed by atoms with Crippen molar-refractivity contribution in [2.75, 3.05) is 37.7 Å². The largest absolute Gasteiger partial charge is 0.450 e. The minimum absolute atomic E-state index is 0.170. The zero-order chi connectivity index (χ0) is 16.9. The van der Waals surface area contributed by atoms with Crippen LogP contribution in [0.3, 0.4) is 0 Å². The molecule has 2 aliphatic heterocycles. The van der Waals surface area contributed by atoms with Crippen LogP contribution >= 0.6 is 0 Å². The number of likely N-dealkylation sites (tertiary alicyclic amines) is 1. The number of anilines is 1. The number of carbonyl (C=O) groups is 1. The molecule has 0 radical (unpaired) electrons. The van der Waals surface area contributed by atoms with E-state index in [2.05, 4.69) is 21.5 Å². The van der Waals surface area contributed by atoms with Gasteiger partial charge in [0.2, 0.25) is 0 Å². The average molecular weight is 335 g/mol. The van der Waals surface area contributed by atoms with E-state index in [1.165, 1.54) is 18.5 Å². The van der Waals surface area contributed by atoms with Gasteiger partial charge in [0, 0.05) is 51.5 Å². The van der Waals surface area contributed by atoms with Crippen LogP contribution in [0.15, 0.2) is 12.4 Å². The average Bonchev–Trinajstić information content (AvgIpc) is 3.03. The van der Waals surface area contributed by atoms with E-state index in [4.69, 9.17) is 4.74 Å². The zero-order valence-corrected chi connectivity index (χ0v) is 14.8. The van der Waals surface area contributed by atoms with Gasteiger partial charge < -0.3 is 19.9 Å². The molecule has 7 nitrogen and oxygen atoms in total. The molecule has 7 heteroatoms. The molecule has 0 saturated carbocycles. The van der Waals surface area contributed by atoms with E-state index in [-0.39, 0.29) is 6.09 Å². The highest BCUT2D eigenvalue weighted by Crippen LogP contribution is 2.20.